The zero-order valence-electron chi connectivity index (χ0n) is 12.2. The molecule has 0 spiro atoms. The van der Waals surface area contributed by atoms with Crippen molar-refractivity contribution in [3.63, 3.8) is 0 Å². The molecule has 2 aromatic carbocycles. The smallest absolute Gasteiger partial charge is 0.338 e. The van der Waals surface area contributed by atoms with Crippen molar-refractivity contribution < 1.29 is 14.6 Å². The maximum atomic E-state index is 10.8. The quantitative estimate of drug-likeness (QED) is 0.782. The summed E-state index contributed by atoms with van der Waals surface area (Å²) < 4.78 is 5.77. The fourth-order valence-electron chi connectivity index (χ4n) is 2.05. The Labute approximate surface area is 133 Å². The summed E-state index contributed by atoms with van der Waals surface area (Å²) in [6, 6.07) is 17.3. The second-order valence-corrected chi connectivity index (χ2v) is 4.90. The molecule has 23 heavy (non-hydrogen) atoms. The Bertz CT molecular complexity index is 802. The van der Waals surface area contributed by atoms with Crippen LogP contribution in [0.4, 0.5) is 0 Å². The van der Waals surface area contributed by atoms with Crippen LogP contribution in [0.2, 0.25) is 0 Å². The van der Waals surface area contributed by atoms with Crippen LogP contribution in [0, 0.1) is 0 Å². The van der Waals surface area contributed by atoms with E-state index < -0.39 is 5.97 Å². The highest BCUT2D eigenvalue weighted by molar-refractivity contribution is 5.86. The lowest BCUT2D eigenvalue weighted by Crippen LogP contribution is -2.00. The fraction of sp³-hybridized carbons (Fsp3) is 0.0556. The molecule has 0 fully saturated rings. The number of rotatable bonds is 5. The first kappa shape index (κ1) is 14.7. The van der Waals surface area contributed by atoms with Gasteiger partial charge in [0, 0.05) is 18.0 Å². The molecular formula is C18H14N2O3. The Morgan fingerprint density at radius 3 is 2.43 bits per heavy atom. The van der Waals surface area contributed by atoms with E-state index >= 15 is 0 Å². The molecule has 0 saturated heterocycles. The van der Waals surface area contributed by atoms with E-state index in [1.807, 2.05) is 54.6 Å². The predicted molar refractivity (Wildman–Crippen MR) is 85.2 cm³/mol. The van der Waals surface area contributed by atoms with Crippen molar-refractivity contribution in [3.05, 3.63) is 78.1 Å². The van der Waals surface area contributed by atoms with Crippen LogP contribution in [-0.2, 0) is 6.61 Å². The highest BCUT2D eigenvalue weighted by Gasteiger charge is 2.07. The molecular weight excluding hydrogens is 292 g/mol. The van der Waals surface area contributed by atoms with Crippen LogP contribution in [0.3, 0.4) is 0 Å². The summed E-state index contributed by atoms with van der Waals surface area (Å²) in [5, 5.41) is 8.87. The number of hydrogen-bond donors (Lipinski definition) is 1. The van der Waals surface area contributed by atoms with E-state index in [2.05, 4.69) is 9.97 Å². The molecule has 0 aliphatic carbocycles. The standard InChI is InChI=1S/C18H14N2O3/c21-18(22)15-10-19-17(20-11-15)14-7-4-8-16(9-14)23-12-13-5-2-1-3-6-13/h1-11H,12H2,(H,21,22). The Morgan fingerprint density at radius 1 is 1.00 bits per heavy atom. The van der Waals surface area contributed by atoms with E-state index in [0.29, 0.717) is 18.2 Å². The van der Waals surface area contributed by atoms with Crippen LogP contribution in [0.5, 0.6) is 5.75 Å². The number of nitrogens with zero attached hydrogens (tertiary/aromatic N) is 2. The van der Waals surface area contributed by atoms with E-state index in [4.69, 9.17) is 9.84 Å². The monoisotopic (exact) mass is 306 g/mol. The number of carboxylic acids is 1. The summed E-state index contributed by atoms with van der Waals surface area (Å²) in [6.45, 7) is 0.475. The normalized spacial score (nSPS) is 10.3. The molecule has 5 heteroatoms. The van der Waals surface area contributed by atoms with Crippen LogP contribution in [0.15, 0.2) is 67.0 Å². The van der Waals surface area contributed by atoms with Gasteiger partial charge in [-0.05, 0) is 17.7 Å². The van der Waals surface area contributed by atoms with Crippen molar-refractivity contribution in [3.8, 4) is 17.1 Å². The lowest BCUT2D eigenvalue weighted by molar-refractivity contribution is 0.0696. The molecule has 1 aromatic heterocycles. The number of benzene rings is 2. The number of carboxylic acid groups (broad SMARTS) is 1. The average Bonchev–Trinajstić information content (AvgIpc) is 2.61. The molecule has 0 aliphatic rings. The molecule has 1 heterocycles. The van der Waals surface area contributed by atoms with Crippen LogP contribution in [0.25, 0.3) is 11.4 Å². The number of hydrogen-bond acceptors (Lipinski definition) is 4. The molecule has 0 aliphatic heterocycles. The molecule has 0 bridgehead atoms. The molecule has 3 rings (SSSR count). The van der Waals surface area contributed by atoms with Crippen molar-refractivity contribution in [1.82, 2.24) is 9.97 Å². The van der Waals surface area contributed by atoms with Crippen LogP contribution in [-0.4, -0.2) is 21.0 Å². The first-order chi connectivity index (χ1) is 11.2. The number of aromatic nitrogens is 2. The van der Waals surface area contributed by atoms with E-state index in [1.165, 1.54) is 12.4 Å². The highest BCUT2D eigenvalue weighted by Crippen LogP contribution is 2.21. The van der Waals surface area contributed by atoms with Gasteiger partial charge in [-0.3, -0.25) is 0 Å². The summed E-state index contributed by atoms with van der Waals surface area (Å²) in [4.78, 5) is 19.0. The van der Waals surface area contributed by atoms with Gasteiger partial charge >= 0.3 is 5.97 Å². The SMILES string of the molecule is O=C(O)c1cnc(-c2cccc(OCc3ccccc3)c2)nc1. The van der Waals surface area contributed by atoms with Crippen molar-refractivity contribution >= 4 is 5.97 Å². The van der Waals surface area contributed by atoms with Gasteiger partial charge in [0.05, 0.1) is 5.56 Å². The fourth-order valence-corrected chi connectivity index (χ4v) is 2.05. The van der Waals surface area contributed by atoms with Crippen LogP contribution < -0.4 is 4.74 Å². The van der Waals surface area contributed by atoms with Gasteiger partial charge in [-0.25, -0.2) is 14.8 Å². The molecule has 0 radical (unpaired) electrons. The van der Waals surface area contributed by atoms with Crippen molar-refractivity contribution in [2.45, 2.75) is 6.61 Å². The lowest BCUT2D eigenvalue weighted by Gasteiger charge is -2.08. The summed E-state index contributed by atoms with van der Waals surface area (Å²) >= 11 is 0. The van der Waals surface area contributed by atoms with E-state index in [9.17, 15) is 4.79 Å². The molecule has 0 atom stereocenters. The molecule has 3 aromatic rings. The molecule has 0 unspecified atom stereocenters. The predicted octanol–water partition coefficient (Wildman–Crippen LogP) is 3.42. The van der Waals surface area contributed by atoms with E-state index in [-0.39, 0.29) is 5.56 Å². The second-order valence-electron chi connectivity index (χ2n) is 4.90. The Morgan fingerprint density at radius 2 is 1.74 bits per heavy atom. The minimum atomic E-state index is -1.04. The number of aromatic carboxylic acids is 1. The Balaban J connectivity index is 1.75. The third kappa shape index (κ3) is 3.71. The maximum absolute atomic E-state index is 10.8. The lowest BCUT2D eigenvalue weighted by atomic mass is 10.2. The number of ether oxygens (including phenoxy) is 1. The van der Waals surface area contributed by atoms with Gasteiger partial charge in [-0.2, -0.15) is 0 Å². The van der Waals surface area contributed by atoms with E-state index in [1.54, 1.807) is 0 Å². The van der Waals surface area contributed by atoms with Gasteiger partial charge in [0.15, 0.2) is 5.82 Å². The zero-order valence-corrected chi connectivity index (χ0v) is 12.2. The first-order valence-electron chi connectivity index (χ1n) is 7.05. The van der Waals surface area contributed by atoms with Gasteiger partial charge in [0.1, 0.15) is 12.4 Å². The van der Waals surface area contributed by atoms with E-state index in [0.717, 1.165) is 11.1 Å². The van der Waals surface area contributed by atoms with Gasteiger partial charge in [0.2, 0.25) is 0 Å². The third-order valence-electron chi connectivity index (χ3n) is 3.24. The molecule has 0 amide bonds. The summed E-state index contributed by atoms with van der Waals surface area (Å²) in [7, 11) is 0. The molecule has 0 saturated carbocycles. The zero-order chi connectivity index (χ0) is 16.1. The summed E-state index contributed by atoms with van der Waals surface area (Å²) in [5.41, 5.74) is 1.91. The van der Waals surface area contributed by atoms with Gasteiger partial charge < -0.3 is 9.84 Å². The van der Waals surface area contributed by atoms with Crippen molar-refractivity contribution in [2.24, 2.45) is 0 Å². The second kappa shape index (κ2) is 6.70. The maximum Gasteiger partial charge on any atom is 0.338 e. The van der Waals surface area contributed by atoms with Gasteiger partial charge in [0.25, 0.3) is 0 Å². The Hall–Kier alpha value is -3.21. The molecule has 1 N–H and O–H groups in total. The highest BCUT2D eigenvalue weighted by atomic mass is 16.5. The topological polar surface area (TPSA) is 72.3 Å². The van der Waals surface area contributed by atoms with Crippen LogP contribution >= 0.6 is 0 Å². The van der Waals surface area contributed by atoms with Crippen LogP contribution in [0.1, 0.15) is 15.9 Å². The Kier molecular flexibility index (Phi) is 4.29. The molecule has 114 valence electrons. The molecule has 5 nitrogen and oxygen atoms in total. The number of carbonyl (C=O) groups is 1. The minimum Gasteiger partial charge on any atom is -0.489 e. The van der Waals surface area contributed by atoms with Gasteiger partial charge in [-0.1, -0.05) is 42.5 Å². The largest absolute Gasteiger partial charge is 0.489 e. The van der Waals surface area contributed by atoms with Crippen molar-refractivity contribution in [2.75, 3.05) is 0 Å². The van der Waals surface area contributed by atoms with Gasteiger partial charge in [-0.15, -0.1) is 0 Å². The summed E-state index contributed by atoms with van der Waals surface area (Å²) in [5.74, 6) is 0.119. The third-order valence-corrected chi connectivity index (χ3v) is 3.24. The minimum absolute atomic E-state index is 0.0604. The summed E-state index contributed by atoms with van der Waals surface area (Å²) in [6.07, 6.45) is 2.59. The van der Waals surface area contributed by atoms with Crippen molar-refractivity contribution in [1.29, 1.82) is 0 Å². The first-order valence-corrected chi connectivity index (χ1v) is 7.05. The average molecular weight is 306 g/mol.